The molecule has 0 atom stereocenters. The minimum Gasteiger partial charge on any atom is -0.390 e. The number of aliphatic hydroxyl groups is 1. The fraction of sp³-hybridized carbons (Fsp3) is 0.500. The molecule has 0 bridgehead atoms. The van der Waals surface area contributed by atoms with Crippen molar-refractivity contribution < 1.29 is 9.90 Å². The molecular formula is C20H26ClN3O2. The summed E-state index contributed by atoms with van der Waals surface area (Å²) in [6, 6.07) is 7.48. The molecule has 0 aliphatic carbocycles. The number of halogens is 1. The molecular weight excluding hydrogens is 350 g/mol. The fourth-order valence-electron chi connectivity index (χ4n) is 3.73. The van der Waals surface area contributed by atoms with Crippen molar-refractivity contribution >= 4 is 17.5 Å². The molecule has 1 aliphatic heterocycles. The van der Waals surface area contributed by atoms with E-state index in [0.717, 1.165) is 36.1 Å². The van der Waals surface area contributed by atoms with Gasteiger partial charge < -0.3 is 10.0 Å². The van der Waals surface area contributed by atoms with Gasteiger partial charge in [-0.25, -0.2) is 0 Å². The average molecular weight is 376 g/mol. The van der Waals surface area contributed by atoms with E-state index in [1.54, 1.807) is 0 Å². The summed E-state index contributed by atoms with van der Waals surface area (Å²) in [5, 5.41) is 17.9. The summed E-state index contributed by atoms with van der Waals surface area (Å²) >= 11 is 6.07. The highest BCUT2D eigenvalue weighted by atomic mass is 35.5. The minimum absolute atomic E-state index is 0.00927. The van der Waals surface area contributed by atoms with E-state index in [1.165, 1.54) is 0 Å². The molecule has 1 aromatic heterocycles. The zero-order chi connectivity index (χ0) is 18.9. The molecule has 5 nitrogen and oxygen atoms in total. The Bertz CT molecular complexity index is 787. The lowest BCUT2D eigenvalue weighted by atomic mass is 9.86. The van der Waals surface area contributed by atoms with Gasteiger partial charge in [0.25, 0.3) is 5.91 Å². The maximum Gasteiger partial charge on any atom is 0.272 e. The van der Waals surface area contributed by atoms with Crippen LogP contribution in [0.1, 0.15) is 49.2 Å². The molecule has 26 heavy (non-hydrogen) atoms. The van der Waals surface area contributed by atoms with Gasteiger partial charge in [-0.15, -0.1) is 0 Å². The van der Waals surface area contributed by atoms with E-state index in [4.69, 9.17) is 11.6 Å². The van der Waals surface area contributed by atoms with E-state index >= 15 is 0 Å². The molecule has 1 saturated heterocycles. The first-order valence-corrected chi connectivity index (χ1v) is 9.45. The standard InChI is InChI=1S/C20H26ClN3O2/c1-13-17(15-5-4-6-16(21)11-15)22-23-18(13)19(25)24-9-7-14(8-10-24)12-20(2,3)26/h4-6,11,14,26H,7-10,12H2,1-3H3,(H,22,23). The summed E-state index contributed by atoms with van der Waals surface area (Å²) in [5.74, 6) is 0.453. The number of aromatic amines is 1. The van der Waals surface area contributed by atoms with Gasteiger partial charge in [-0.2, -0.15) is 5.10 Å². The van der Waals surface area contributed by atoms with E-state index < -0.39 is 5.60 Å². The van der Waals surface area contributed by atoms with Crippen LogP contribution in [0.25, 0.3) is 11.3 Å². The van der Waals surface area contributed by atoms with Crippen LogP contribution in [-0.4, -0.2) is 44.8 Å². The average Bonchev–Trinajstić information content (AvgIpc) is 2.95. The van der Waals surface area contributed by atoms with Gasteiger partial charge in [0, 0.05) is 29.2 Å². The zero-order valence-corrected chi connectivity index (χ0v) is 16.3. The number of hydrogen-bond donors (Lipinski definition) is 2. The van der Waals surface area contributed by atoms with Crippen LogP contribution in [-0.2, 0) is 0 Å². The molecule has 0 spiro atoms. The van der Waals surface area contributed by atoms with Crippen LogP contribution in [0.5, 0.6) is 0 Å². The van der Waals surface area contributed by atoms with Gasteiger partial charge in [0.2, 0.25) is 0 Å². The zero-order valence-electron chi connectivity index (χ0n) is 15.6. The fourth-order valence-corrected chi connectivity index (χ4v) is 3.92. The van der Waals surface area contributed by atoms with Crippen molar-refractivity contribution in [3.8, 4) is 11.3 Å². The molecule has 0 unspecified atom stereocenters. The van der Waals surface area contributed by atoms with Gasteiger partial charge in [-0.1, -0.05) is 23.7 Å². The van der Waals surface area contributed by atoms with E-state index in [-0.39, 0.29) is 5.91 Å². The maximum atomic E-state index is 12.9. The number of nitrogens with zero attached hydrogens (tertiary/aromatic N) is 2. The molecule has 1 aliphatic rings. The molecule has 1 amide bonds. The number of nitrogens with one attached hydrogen (secondary N) is 1. The number of H-pyrrole nitrogens is 1. The van der Waals surface area contributed by atoms with Crippen LogP contribution in [0.3, 0.4) is 0 Å². The SMILES string of the molecule is Cc1c(-c2cccc(Cl)c2)n[nH]c1C(=O)N1CCC(CC(C)(C)O)CC1. The lowest BCUT2D eigenvalue weighted by molar-refractivity contribution is 0.0356. The molecule has 2 heterocycles. The Morgan fingerprint density at radius 3 is 2.69 bits per heavy atom. The minimum atomic E-state index is -0.650. The third-order valence-corrected chi connectivity index (χ3v) is 5.25. The van der Waals surface area contributed by atoms with Crippen molar-refractivity contribution in [1.29, 1.82) is 0 Å². The number of aromatic nitrogens is 2. The normalized spacial score (nSPS) is 16.1. The van der Waals surface area contributed by atoms with E-state index in [1.807, 2.05) is 49.9 Å². The van der Waals surface area contributed by atoms with Crippen LogP contribution in [0.4, 0.5) is 0 Å². The first-order valence-electron chi connectivity index (χ1n) is 9.07. The summed E-state index contributed by atoms with van der Waals surface area (Å²) in [5.41, 5.74) is 2.39. The number of likely N-dealkylation sites (tertiary alicyclic amines) is 1. The number of hydrogen-bond acceptors (Lipinski definition) is 3. The van der Waals surface area contributed by atoms with E-state index in [2.05, 4.69) is 10.2 Å². The van der Waals surface area contributed by atoms with Crippen molar-refractivity contribution in [1.82, 2.24) is 15.1 Å². The highest BCUT2D eigenvalue weighted by Gasteiger charge is 2.29. The van der Waals surface area contributed by atoms with Crippen molar-refractivity contribution in [3.63, 3.8) is 0 Å². The molecule has 2 N–H and O–H groups in total. The van der Waals surface area contributed by atoms with Gasteiger partial charge in [-0.3, -0.25) is 9.89 Å². The molecule has 0 saturated carbocycles. The topological polar surface area (TPSA) is 69.2 Å². The lowest BCUT2D eigenvalue weighted by Crippen LogP contribution is -2.40. The van der Waals surface area contributed by atoms with Crippen molar-refractivity contribution in [3.05, 3.63) is 40.5 Å². The van der Waals surface area contributed by atoms with Crippen LogP contribution < -0.4 is 0 Å². The van der Waals surface area contributed by atoms with E-state index in [0.29, 0.717) is 29.7 Å². The number of benzene rings is 1. The second-order valence-electron chi connectivity index (χ2n) is 7.83. The summed E-state index contributed by atoms with van der Waals surface area (Å²) in [7, 11) is 0. The first-order chi connectivity index (χ1) is 12.2. The molecule has 140 valence electrons. The van der Waals surface area contributed by atoms with Crippen LogP contribution in [0.2, 0.25) is 5.02 Å². The summed E-state index contributed by atoms with van der Waals surface area (Å²) in [4.78, 5) is 14.8. The highest BCUT2D eigenvalue weighted by Crippen LogP contribution is 2.29. The predicted molar refractivity (Wildman–Crippen MR) is 103 cm³/mol. The molecule has 2 aromatic rings. The Labute approximate surface area is 159 Å². The molecule has 0 radical (unpaired) electrons. The number of carbonyl (C=O) groups is 1. The van der Waals surface area contributed by atoms with Crippen LogP contribution >= 0.6 is 11.6 Å². The van der Waals surface area contributed by atoms with E-state index in [9.17, 15) is 9.90 Å². The van der Waals surface area contributed by atoms with Gasteiger partial charge in [-0.05, 0) is 58.1 Å². The Balaban J connectivity index is 1.70. The van der Waals surface area contributed by atoms with Gasteiger partial charge >= 0.3 is 0 Å². The van der Waals surface area contributed by atoms with Crippen molar-refractivity contribution in [2.45, 2.75) is 45.6 Å². The Morgan fingerprint density at radius 2 is 2.08 bits per heavy atom. The maximum absolute atomic E-state index is 12.9. The second kappa shape index (κ2) is 7.41. The van der Waals surface area contributed by atoms with Crippen LogP contribution in [0.15, 0.2) is 24.3 Å². The van der Waals surface area contributed by atoms with Gasteiger partial charge in [0.15, 0.2) is 0 Å². The predicted octanol–water partition coefficient (Wildman–Crippen LogP) is 4.05. The smallest absolute Gasteiger partial charge is 0.272 e. The lowest BCUT2D eigenvalue weighted by Gasteiger charge is -2.34. The number of rotatable bonds is 4. The summed E-state index contributed by atoms with van der Waals surface area (Å²) < 4.78 is 0. The van der Waals surface area contributed by atoms with Gasteiger partial charge in [0.05, 0.1) is 11.3 Å². The third-order valence-electron chi connectivity index (χ3n) is 5.01. The quantitative estimate of drug-likeness (QED) is 0.846. The Hall–Kier alpha value is -1.85. The number of piperidine rings is 1. The van der Waals surface area contributed by atoms with Crippen molar-refractivity contribution in [2.24, 2.45) is 5.92 Å². The number of amides is 1. The monoisotopic (exact) mass is 375 g/mol. The molecule has 1 aromatic carbocycles. The first kappa shape index (κ1) is 18.9. The largest absolute Gasteiger partial charge is 0.390 e. The molecule has 3 rings (SSSR count). The summed E-state index contributed by atoms with van der Waals surface area (Å²) in [6.07, 6.45) is 2.62. The van der Waals surface area contributed by atoms with Gasteiger partial charge in [0.1, 0.15) is 5.69 Å². The van der Waals surface area contributed by atoms with Crippen molar-refractivity contribution in [2.75, 3.05) is 13.1 Å². The molecule has 1 fully saturated rings. The Kier molecular flexibility index (Phi) is 5.39. The third kappa shape index (κ3) is 4.27. The Morgan fingerprint density at radius 1 is 1.38 bits per heavy atom. The number of carbonyl (C=O) groups excluding carboxylic acids is 1. The van der Waals surface area contributed by atoms with Crippen LogP contribution in [0, 0.1) is 12.8 Å². The molecule has 6 heteroatoms. The highest BCUT2D eigenvalue weighted by molar-refractivity contribution is 6.30. The second-order valence-corrected chi connectivity index (χ2v) is 8.27. The summed E-state index contributed by atoms with van der Waals surface area (Å²) in [6.45, 7) is 7.02.